The van der Waals surface area contributed by atoms with Crippen LogP contribution in [0.2, 0.25) is 0 Å². The summed E-state index contributed by atoms with van der Waals surface area (Å²) < 4.78 is 0. The van der Waals surface area contributed by atoms with Crippen LogP contribution in [0.4, 0.5) is 0 Å². The molecule has 0 bridgehead atoms. The maximum atomic E-state index is 10.6. The second-order valence-electron chi connectivity index (χ2n) is 2.82. The van der Waals surface area contributed by atoms with Crippen molar-refractivity contribution in [1.29, 1.82) is 0 Å². The second-order valence-corrected chi connectivity index (χ2v) is 2.82. The zero-order valence-electron chi connectivity index (χ0n) is 7.34. The molecule has 1 aromatic heterocycles. The molecule has 0 aliphatic rings. The maximum Gasteiger partial charge on any atom is 0.170 e. The van der Waals surface area contributed by atoms with Gasteiger partial charge in [-0.25, -0.2) is 9.97 Å². The highest BCUT2D eigenvalue weighted by Crippen LogP contribution is 2.11. The number of carbonyl (C=O) groups excluding carboxylic acids is 1. The van der Waals surface area contributed by atoms with Gasteiger partial charge in [0.15, 0.2) is 6.29 Å². The minimum absolute atomic E-state index is 0.200. The number of rotatable bonds is 2. The molecule has 0 aliphatic heterocycles. The number of nitrogens with zero attached hydrogens (tertiary/aromatic N) is 2. The van der Waals surface area contributed by atoms with Crippen molar-refractivity contribution in [3.63, 3.8) is 0 Å². The molecule has 14 heavy (non-hydrogen) atoms. The Morgan fingerprint density at radius 3 is 2.43 bits per heavy atom. The van der Waals surface area contributed by atoms with Crippen LogP contribution in [0.1, 0.15) is 16.2 Å². The van der Waals surface area contributed by atoms with E-state index in [2.05, 4.69) is 9.97 Å². The topological polar surface area (TPSA) is 63.1 Å². The van der Waals surface area contributed by atoms with Crippen LogP contribution in [0, 0.1) is 0 Å². The van der Waals surface area contributed by atoms with Gasteiger partial charge in [-0.1, -0.05) is 12.1 Å². The van der Waals surface area contributed by atoms with E-state index in [0.29, 0.717) is 23.0 Å². The molecule has 1 N–H and O–H groups in total. The lowest BCUT2D eigenvalue weighted by Crippen LogP contribution is -2.00. The fourth-order valence-corrected chi connectivity index (χ4v) is 1.26. The van der Waals surface area contributed by atoms with Crippen molar-refractivity contribution in [2.45, 2.75) is 6.61 Å². The molecule has 0 fully saturated rings. The molecular weight excluding hydrogens is 180 g/mol. The summed E-state index contributed by atoms with van der Waals surface area (Å²) in [7, 11) is 0. The number of hydrogen-bond donors (Lipinski definition) is 1. The fourth-order valence-electron chi connectivity index (χ4n) is 1.26. The largest absolute Gasteiger partial charge is 0.390 e. The van der Waals surface area contributed by atoms with Gasteiger partial charge in [-0.05, 0) is 12.1 Å². The molecular formula is C10H8N2O2. The summed E-state index contributed by atoms with van der Waals surface area (Å²) >= 11 is 0. The Labute approximate surface area is 80.2 Å². The number of benzene rings is 1. The highest BCUT2D eigenvalue weighted by atomic mass is 16.3. The first-order chi connectivity index (χ1) is 6.85. The summed E-state index contributed by atoms with van der Waals surface area (Å²) in [4.78, 5) is 18.8. The predicted octanol–water partition coefficient (Wildman–Crippen LogP) is 0.935. The number of hydrogen-bond acceptors (Lipinski definition) is 4. The number of aldehydes is 1. The summed E-state index contributed by atoms with van der Waals surface area (Å²) in [6, 6.07) is 7.22. The first-order valence-corrected chi connectivity index (χ1v) is 4.17. The Balaban J connectivity index is 2.75. The van der Waals surface area contributed by atoms with E-state index < -0.39 is 0 Å². The van der Waals surface area contributed by atoms with Crippen molar-refractivity contribution in [3.05, 3.63) is 35.7 Å². The molecule has 0 spiro atoms. The number of fused-ring (bicyclic) bond motifs is 1. The smallest absolute Gasteiger partial charge is 0.170 e. The molecule has 0 atom stereocenters. The van der Waals surface area contributed by atoms with Gasteiger partial charge in [0.25, 0.3) is 0 Å². The van der Waals surface area contributed by atoms with Crippen LogP contribution in [-0.4, -0.2) is 21.4 Å². The van der Waals surface area contributed by atoms with Crippen molar-refractivity contribution in [1.82, 2.24) is 9.97 Å². The molecule has 4 nitrogen and oxygen atoms in total. The Kier molecular flexibility index (Phi) is 2.20. The highest BCUT2D eigenvalue weighted by Gasteiger charge is 2.05. The average Bonchev–Trinajstić information content (AvgIpc) is 2.27. The lowest BCUT2D eigenvalue weighted by atomic mass is 10.2. The molecule has 0 unspecified atom stereocenters. The van der Waals surface area contributed by atoms with Gasteiger partial charge in [-0.15, -0.1) is 0 Å². The van der Waals surface area contributed by atoms with E-state index in [1.165, 1.54) is 0 Å². The Morgan fingerprint density at radius 1 is 1.21 bits per heavy atom. The molecule has 4 heteroatoms. The van der Waals surface area contributed by atoms with E-state index in [9.17, 15) is 4.79 Å². The van der Waals surface area contributed by atoms with Crippen LogP contribution in [0.25, 0.3) is 11.0 Å². The highest BCUT2D eigenvalue weighted by molar-refractivity contribution is 5.81. The molecule has 2 aromatic rings. The molecule has 0 saturated carbocycles. The maximum absolute atomic E-state index is 10.6. The Morgan fingerprint density at radius 2 is 1.86 bits per heavy atom. The molecule has 2 rings (SSSR count). The van der Waals surface area contributed by atoms with Gasteiger partial charge in [0, 0.05) is 0 Å². The van der Waals surface area contributed by atoms with E-state index in [1.54, 1.807) is 12.1 Å². The third-order valence-electron chi connectivity index (χ3n) is 1.94. The lowest BCUT2D eigenvalue weighted by molar-refractivity contribution is 0.111. The SMILES string of the molecule is O=Cc1nc2ccccc2nc1CO. The number of aliphatic hydroxyl groups excluding tert-OH is 1. The van der Waals surface area contributed by atoms with E-state index in [1.807, 2.05) is 12.1 Å². The van der Waals surface area contributed by atoms with Gasteiger partial charge in [0.2, 0.25) is 0 Å². The van der Waals surface area contributed by atoms with Crippen molar-refractivity contribution >= 4 is 17.3 Å². The van der Waals surface area contributed by atoms with Gasteiger partial charge in [-0.3, -0.25) is 4.79 Å². The third-order valence-corrected chi connectivity index (χ3v) is 1.94. The van der Waals surface area contributed by atoms with Crippen molar-refractivity contribution in [2.24, 2.45) is 0 Å². The third kappa shape index (κ3) is 1.36. The summed E-state index contributed by atoms with van der Waals surface area (Å²) in [5, 5.41) is 8.95. The van der Waals surface area contributed by atoms with E-state index in [-0.39, 0.29) is 12.3 Å². The van der Waals surface area contributed by atoms with Gasteiger partial charge >= 0.3 is 0 Å². The number of aliphatic hydroxyl groups is 1. The minimum Gasteiger partial charge on any atom is -0.390 e. The van der Waals surface area contributed by atoms with Crippen LogP contribution < -0.4 is 0 Å². The van der Waals surface area contributed by atoms with Crippen LogP contribution in [-0.2, 0) is 6.61 Å². The first kappa shape index (κ1) is 8.77. The van der Waals surface area contributed by atoms with E-state index >= 15 is 0 Å². The van der Waals surface area contributed by atoms with E-state index in [0.717, 1.165) is 0 Å². The van der Waals surface area contributed by atoms with Crippen LogP contribution in [0.15, 0.2) is 24.3 Å². The normalized spacial score (nSPS) is 10.4. The lowest BCUT2D eigenvalue weighted by Gasteiger charge is -2.01. The Bertz CT molecular complexity index is 483. The number of aromatic nitrogens is 2. The molecule has 0 amide bonds. The molecule has 0 aliphatic carbocycles. The average molecular weight is 188 g/mol. The van der Waals surface area contributed by atoms with Gasteiger partial charge in [0.05, 0.1) is 23.3 Å². The quantitative estimate of drug-likeness (QED) is 0.712. The summed E-state index contributed by atoms with van der Waals surface area (Å²) in [6.07, 6.45) is 0.602. The van der Waals surface area contributed by atoms with Crippen LogP contribution >= 0.6 is 0 Å². The zero-order valence-corrected chi connectivity index (χ0v) is 7.34. The summed E-state index contributed by atoms with van der Waals surface area (Å²) in [6.45, 7) is -0.272. The first-order valence-electron chi connectivity index (χ1n) is 4.17. The summed E-state index contributed by atoms with van der Waals surface area (Å²) in [5.41, 5.74) is 1.86. The molecule has 0 radical (unpaired) electrons. The van der Waals surface area contributed by atoms with Crippen LogP contribution in [0.3, 0.4) is 0 Å². The standard InChI is InChI=1S/C10H8N2O2/c13-5-9-10(6-14)12-8-4-2-1-3-7(8)11-9/h1-5,14H,6H2. The van der Waals surface area contributed by atoms with Crippen molar-refractivity contribution in [2.75, 3.05) is 0 Å². The van der Waals surface area contributed by atoms with Crippen molar-refractivity contribution < 1.29 is 9.90 Å². The van der Waals surface area contributed by atoms with Gasteiger partial charge in [0.1, 0.15) is 5.69 Å². The Hall–Kier alpha value is -1.81. The molecule has 0 saturated heterocycles. The zero-order chi connectivity index (χ0) is 9.97. The van der Waals surface area contributed by atoms with Gasteiger partial charge < -0.3 is 5.11 Å². The monoisotopic (exact) mass is 188 g/mol. The minimum atomic E-state index is -0.272. The fraction of sp³-hybridized carbons (Fsp3) is 0.100. The molecule has 1 heterocycles. The summed E-state index contributed by atoms with van der Waals surface area (Å²) in [5.74, 6) is 0. The molecule has 1 aromatic carbocycles. The predicted molar refractivity (Wildman–Crippen MR) is 50.8 cm³/mol. The van der Waals surface area contributed by atoms with Gasteiger partial charge in [-0.2, -0.15) is 0 Å². The number of carbonyl (C=O) groups is 1. The molecule has 70 valence electrons. The second kappa shape index (κ2) is 3.51. The van der Waals surface area contributed by atoms with Crippen molar-refractivity contribution in [3.8, 4) is 0 Å². The van der Waals surface area contributed by atoms with E-state index in [4.69, 9.17) is 5.11 Å². The number of para-hydroxylation sites is 2. The van der Waals surface area contributed by atoms with Crippen LogP contribution in [0.5, 0.6) is 0 Å².